The Labute approximate surface area is 123 Å². The number of nitrogens with one attached hydrogen (secondary N) is 1. The molecule has 1 aromatic rings. The van der Waals surface area contributed by atoms with E-state index in [-0.39, 0.29) is 5.54 Å². The fraction of sp³-hybridized carbons (Fsp3) is 0.714. The molecule has 2 heterocycles. The highest BCUT2D eigenvalue weighted by Crippen LogP contribution is 2.27. The van der Waals surface area contributed by atoms with Gasteiger partial charge in [0, 0.05) is 36.1 Å². The first kappa shape index (κ1) is 14.5. The molecule has 1 aliphatic heterocycles. The van der Waals surface area contributed by atoms with Crippen LogP contribution in [0.3, 0.4) is 0 Å². The summed E-state index contributed by atoms with van der Waals surface area (Å²) in [4.78, 5) is 4.11. The molecule has 2 atom stereocenters. The molecule has 1 N–H and O–H groups in total. The predicted molar refractivity (Wildman–Crippen MR) is 83.2 cm³/mol. The summed E-state index contributed by atoms with van der Waals surface area (Å²) in [5, 5.41) is 3.72. The lowest BCUT2D eigenvalue weighted by molar-refractivity contribution is 0.0764. The van der Waals surface area contributed by atoms with E-state index < -0.39 is 0 Å². The Bertz CT molecular complexity index is 393. The fourth-order valence-corrected chi connectivity index (χ4v) is 4.10. The van der Waals surface area contributed by atoms with Crippen molar-refractivity contribution in [3.8, 4) is 0 Å². The first-order chi connectivity index (χ1) is 8.56. The van der Waals surface area contributed by atoms with Crippen molar-refractivity contribution in [3.05, 3.63) is 20.8 Å². The molecule has 2 rings (SSSR count). The van der Waals surface area contributed by atoms with Crippen molar-refractivity contribution in [3.63, 3.8) is 0 Å². The number of thiophene rings is 1. The highest BCUT2D eigenvalue weighted by Gasteiger charge is 2.33. The summed E-state index contributed by atoms with van der Waals surface area (Å²) < 4.78 is 1.24. The Morgan fingerprint density at radius 3 is 2.83 bits per heavy atom. The summed E-state index contributed by atoms with van der Waals surface area (Å²) in [5.74, 6) is 0. The van der Waals surface area contributed by atoms with E-state index in [9.17, 15) is 0 Å². The minimum atomic E-state index is 0.278. The zero-order chi connectivity index (χ0) is 13.2. The summed E-state index contributed by atoms with van der Waals surface area (Å²) in [5.41, 5.74) is 0.278. The topological polar surface area (TPSA) is 15.3 Å². The van der Waals surface area contributed by atoms with Crippen LogP contribution in [0.25, 0.3) is 0 Å². The average molecular weight is 331 g/mol. The van der Waals surface area contributed by atoms with Crippen molar-refractivity contribution in [2.45, 2.75) is 51.7 Å². The van der Waals surface area contributed by atoms with Crippen LogP contribution in [-0.4, -0.2) is 29.6 Å². The number of hydrogen-bond acceptors (Lipinski definition) is 3. The van der Waals surface area contributed by atoms with Crippen LogP contribution in [0.4, 0.5) is 0 Å². The van der Waals surface area contributed by atoms with Gasteiger partial charge in [-0.15, -0.1) is 11.3 Å². The van der Waals surface area contributed by atoms with E-state index in [0.717, 1.165) is 19.6 Å². The lowest BCUT2D eigenvalue weighted by atomic mass is 9.93. The molecule has 0 bridgehead atoms. The second kappa shape index (κ2) is 6.04. The molecule has 0 aromatic carbocycles. The van der Waals surface area contributed by atoms with Crippen molar-refractivity contribution < 1.29 is 0 Å². The Hall–Kier alpha value is 0.1000. The Balaban J connectivity index is 2.06. The average Bonchev–Trinajstić information content (AvgIpc) is 2.75. The molecule has 0 saturated carbocycles. The van der Waals surface area contributed by atoms with Gasteiger partial charge in [-0.1, -0.05) is 13.8 Å². The maximum absolute atomic E-state index is 3.72. The Kier molecular flexibility index (Phi) is 4.86. The maximum Gasteiger partial charge on any atom is 0.0701 e. The van der Waals surface area contributed by atoms with Crippen LogP contribution in [-0.2, 0) is 6.54 Å². The molecule has 0 aliphatic carbocycles. The molecule has 1 aromatic heterocycles. The molecule has 18 heavy (non-hydrogen) atoms. The lowest BCUT2D eigenvalue weighted by Crippen LogP contribution is -2.62. The molecule has 1 fully saturated rings. The third-order valence-electron chi connectivity index (χ3n) is 4.07. The SMILES string of the molecule is CCC1CNC(C)(CC)CN1Cc1ccc(Br)s1. The van der Waals surface area contributed by atoms with Crippen LogP contribution >= 0.6 is 27.3 Å². The molecule has 0 spiro atoms. The summed E-state index contributed by atoms with van der Waals surface area (Å²) in [6, 6.07) is 5.07. The normalized spacial score (nSPS) is 29.7. The van der Waals surface area contributed by atoms with Gasteiger partial charge in [0.2, 0.25) is 0 Å². The van der Waals surface area contributed by atoms with E-state index in [0.29, 0.717) is 6.04 Å². The summed E-state index contributed by atoms with van der Waals surface area (Å²) >= 11 is 5.41. The van der Waals surface area contributed by atoms with Gasteiger partial charge in [0.25, 0.3) is 0 Å². The van der Waals surface area contributed by atoms with Crippen molar-refractivity contribution >= 4 is 27.3 Å². The van der Waals surface area contributed by atoms with Crippen LogP contribution in [0.5, 0.6) is 0 Å². The van der Waals surface area contributed by atoms with Gasteiger partial charge < -0.3 is 5.32 Å². The minimum absolute atomic E-state index is 0.278. The number of hydrogen-bond donors (Lipinski definition) is 1. The highest BCUT2D eigenvalue weighted by molar-refractivity contribution is 9.11. The number of nitrogens with zero attached hydrogens (tertiary/aromatic N) is 1. The van der Waals surface area contributed by atoms with E-state index >= 15 is 0 Å². The molecule has 2 unspecified atom stereocenters. The Morgan fingerprint density at radius 2 is 2.28 bits per heavy atom. The fourth-order valence-electron chi connectivity index (χ4n) is 2.59. The summed E-state index contributed by atoms with van der Waals surface area (Å²) in [6.45, 7) is 10.3. The second-order valence-electron chi connectivity index (χ2n) is 5.47. The van der Waals surface area contributed by atoms with Gasteiger partial charge in [-0.05, 0) is 47.8 Å². The van der Waals surface area contributed by atoms with Crippen LogP contribution < -0.4 is 5.32 Å². The summed E-state index contributed by atoms with van der Waals surface area (Å²) in [7, 11) is 0. The van der Waals surface area contributed by atoms with Gasteiger partial charge in [0.15, 0.2) is 0 Å². The van der Waals surface area contributed by atoms with E-state index in [1.54, 1.807) is 0 Å². The van der Waals surface area contributed by atoms with Gasteiger partial charge in [0.05, 0.1) is 3.79 Å². The van der Waals surface area contributed by atoms with Crippen LogP contribution in [0, 0.1) is 0 Å². The molecule has 2 nitrogen and oxygen atoms in total. The number of rotatable bonds is 4. The van der Waals surface area contributed by atoms with Gasteiger partial charge in [0.1, 0.15) is 0 Å². The van der Waals surface area contributed by atoms with E-state index in [4.69, 9.17) is 0 Å². The van der Waals surface area contributed by atoms with Crippen molar-refractivity contribution in [2.75, 3.05) is 13.1 Å². The Morgan fingerprint density at radius 1 is 1.50 bits per heavy atom. The van der Waals surface area contributed by atoms with E-state index in [2.05, 4.69) is 59.1 Å². The molecule has 1 saturated heterocycles. The molecule has 0 radical (unpaired) electrons. The first-order valence-corrected chi connectivity index (χ1v) is 8.40. The number of piperazine rings is 1. The lowest BCUT2D eigenvalue weighted by Gasteiger charge is -2.45. The van der Waals surface area contributed by atoms with E-state index in [1.807, 2.05) is 11.3 Å². The third kappa shape index (κ3) is 3.35. The molecular weight excluding hydrogens is 308 g/mol. The van der Waals surface area contributed by atoms with Crippen molar-refractivity contribution in [1.82, 2.24) is 10.2 Å². The molecule has 4 heteroatoms. The van der Waals surface area contributed by atoms with Crippen molar-refractivity contribution in [2.24, 2.45) is 0 Å². The monoisotopic (exact) mass is 330 g/mol. The largest absolute Gasteiger partial charge is 0.309 e. The standard InChI is InChI=1S/C14H23BrN2S/c1-4-11-8-16-14(3,5-2)10-17(11)9-12-6-7-13(15)18-12/h6-7,11,16H,4-5,8-10H2,1-3H3. The zero-order valence-corrected chi connectivity index (χ0v) is 13.9. The molecule has 1 aliphatic rings. The molecule has 102 valence electrons. The minimum Gasteiger partial charge on any atom is -0.309 e. The van der Waals surface area contributed by atoms with Crippen molar-refractivity contribution in [1.29, 1.82) is 0 Å². The van der Waals surface area contributed by atoms with Gasteiger partial charge in [-0.25, -0.2) is 0 Å². The maximum atomic E-state index is 3.72. The zero-order valence-electron chi connectivity index (χ0n) is 11.5. The second-order valence-corrected chi connectivity index (χ2v) is 8.02. The molecule has 0 amide bonds. The van der Waals surface area contributed by atoms with E-state index in [1.165, 1.54) is 21.5 Å². The first-order valence-electron chi connectivity index (χ1n) is 6.79. The van der Waals surface area contributed by atoms with Gasteiger partial charge in [-0.3, -0.25) is 4.90 Å². The quantitative estimate of drug-likeness (QED) is 0.901. The van der Waals surface area contributed by atoms with Crippen LogP contribution in [0.1, 0.15) is 38.5 Å². The van der Waals surface area contributed by atoms with Gasteiger partial charge >= 0.3 is 0 Å². The summed E-state index contributed by atoms with van der Waals surface area (Å²) in [6.07, 6.45) is 2.41. The number of halogens is 1. The molecular formula is C14H23BrN2S. The highest BCUT2D eigenvalue weighted by atomic mass is 79.9. The predicted octanol–water partition coefficient (Wildman–Crippen LogP) is 3.86. The third-order valence-corrected chi connectivity index (χ3v) is 5.68. The van der Waals surface area contributed by atoms with Crippen LogP contribution in [0.2, 0.25) is 0 Å². The van der Waals surface area contributed by atoms with Crippen LogP contribution in [0.15, 0.2) is 15.9 Å². The van der Waals surface area contributed by atoms with Gasteiger partial charge in [-0.2, -0.15) is 0 Å². The smallest absolute Gasteiger partial charge is 0.0701 e.